The first-order valence-electron chi connectivity index (χ1n) is 5.58. The Kier molecular flexibility index (Phi) is 3.84. The SMILES string of the molecule is Cc1ccc(Br)cc1Oc1nc(N)nc(N(C)C)n1. The molecule has 2 N–H and O–H groups in total. The molecule has 0 bridgehead atoms. The van der Waals surface area contributed by atoms with E-state index < -0.39 is 0 Å². The van der Waals surface area contributed by atoms with Gasteiger partial charge in [-0.2, -0.15) is 15.0 Å². The lowest BCUT2D eigenvalue weighted by molar-refractivity contribution is 0.437. The molecule has 100 valence electrons. The summed E-state index contributed by atoms with van der Waals surface area (Å²) in [5.41, 5.74) is 6.62. The van der Waals surface area contributed by atoms with Gasteiger partial charge in [0.1, 0.15) is 5.75 Å². The van der Waals surface area contributed by atoms with Crippen LogP contribution in [0, 0.1) is 6.92 Å². The zero-order valence-corrected chi connectivity index (χ0v) is 12.5. The molecule has 0 atom stereocenters. The number of anilines is 2. The van der Waals surface area contributed by atoms with Gasteiger partial charge in [0, 0.05) is 18.6 Å². The molecule has 6 nitrogen and oxygen atoms in total. The first-order chi connectivity index (χ1) is 8.95. The molecular formula is C12H14BrN5O. The third-order valence-electron chi connectivity index (χ3n) is 2.37. The molecule has 0 amide bonds. The second-order valence-electron chi connectivity index (χ2n) is 4.18. The molecule has 0 fully saturated rings. The predicted molar refractivity (Wildman–Crippen MR) is 77.5 cm³/mol. The van der Waals surface area contributed by atoms with Gasteiger partial charge in [-0.25, -0.2) is 0 Å². The number of hydrogen-bond acceptors (Lipinski definition) is 6. The van der Waals surface area contributed by atoms with Crippen molar-refractivity contribution >= 4 is 27.8 Å². The van der Waals surface area contributed by atoms with Crippen molar-refractivity contribution in [2.45, 2.75) is 6.92 Å². The average Bonchev–Trinajstić information content (AvgIpc) is 2.33. The van der Waals surface area contributed by atoms with E-state index in [1.807, 2.05) is 39.2 Å². The topological polar surface area (TPSA) is 77.2 Å². The van der Waals surface area contributed by atoms with Crippen molar-refractivity contribution in [3.63, 3.8) is 0 Å². The van der Waals surface area contributed by atoms with E-state index >= 15 is 0 Å². The minimum absolute atomic E-state index is 0.126. The largest absolute Gasteiger partial charge is 0.424 e. The number of benzene rings is 1. The molecule has 0 saturated heterocycles. The van der Waals surface area contributed by atoms with Crippen LogP contribution in [-0.2, 0) is 0 Å². The van der Waals surface area contributed by atoms with Crippen LogP contribution in [0.1, 0.15) is 5.56 Å². The van der Waals surface area contributed by atoms with E-state index in [0.29, 0.717) is 11.7 Å². The fraction of sp³-hybridized carbons (Fsp3) is 0.250. The monoisotopic (exact) mass is 323 g/mol. The van der Waals surface area contributed by atoms with E-state index in [-0.39, 0.29) is 12.0 Å². The van der Waals surface area contributed by atoms with Crippen LogP contribution in [0.5, 0.6) is 11.8 Å². The van der Waals surface area contributed by atoms with E-state index in [9.17, 15) is 0 Å². The molecule has 0 radical (unpaired) electrons. The van der Waals surface area contributed by atoms with E-state index in [2.05, 4.69) is 30.9 Å². The first kappa shape index (κ1) is 13.5. The van der Waals surface area contributed by atoms with Gasteiger partial charge in [-0.15, -0.1) is 0 Å². The van der Waals surface area contributed by atoms with Crippen LogP contribution in [0.25, 0.3) is 0 Å². The molecule has 7 heteroatoms. The second kappa shape index (κ2) is 5.40. The van der Waals surface area contributed by atoms with Crippen molar-refractivity contribution < 1.29 is 4.74 Å². The van der Waals surface area contributed by atoms with Crippen molar-refractivity contribution in [1.29, 1.82) is 0 Å². The van der Waals surface area contributed by atoms with Gasteiger partial charge in [0.15, 0.2) is 0 Å². The number of ether oxygens (including phenoxy) is 1. The Morgan fingerprint density at radius 3 is 2.63 bits per heavy atom. The molecule has 0 aliphatic carbocycles. The van der Waals surface area contributed by atoms with Crippen LogP contribution in [0.15, 0.2) is 22.7 Å². The van der Waals surface area contributed by atoms with E-state index in [1.165, 1.54) is 0 Å². The Morgan fingerprint density at radius 2 is 1.95 bits per heavy atom. The highest BCUT2D eigenvalue weighted by atomic mass is 79.9. The summed E-state index contributed by atoms with van der Waals surface area (Å²) in [6.45, 7) is 1.94. The number of nitrogen functional groups attached to an aromatic ring is 1. The summed E-state index contributed by atoms with van der Waals surface area (Å²) in [7, 11) is 3.64. The molecule has 2 rings (SSSR count). The number of hydrogen-bond donors (Lipinski definition) is 1. The van der Waals surface area contributed by atoms with E-state index in [4.69, 9.17) is 10.5 Å². The third kappa shape index (κ3) is 3.31. The van der Waals surface area contributed by atoms with Crippen LogP contribution >= 0.6 is 15.9 Å². The number of rotatable bonds is 3. The minimum Gasteiger partial charge on any atom is -0.424 e. The zero-order chi connectivity index (χ0) is 14.0. The predicted octanol–water partition coefficient (Wildman–Crippen LogP) is 2.38. The molecule has 0 aliphatic rings. The lowest BCUT2D eigenvalue weighted by Gasteiger charge is -2.12. The summed E-state index contributed by atoms with van der Waals surface area (Å²) in [6, 6.07) is 5.91. The molecule has 2 aromatic rings. The maximum atomic E-state index is 5.66. The number of nitrogens with two attached hydrogens (primary N) is 1. The lowest BCUT2D eigenvalue weighted by atomic mass is 10.2. The number of aryl methyl sites for hydroxylation is 1. The average molecular weight is 324 g/mol. The van der Waals surface area contributed by atoms with Crippen molar-refractivity contribution in [3.05, 3.63) is 28.2 Å². The molecule has 1 aromatic carbocycles. The van der Waals surface area contributed by atoms with Gasteiger partial charge in [0.05, 0.1) is 0 Å². The van der Waals surface area contributed by atoms with E-state index in [0.717, 1.165) is 10.0 Å². The number of aromatic nitrogens is 3. The highest BCUT2D eigenvalue weighted by molar-refractivity contribution is 9.10. The van der Waals surface area contributed by atoms with Crippen molar-refractivity contribution in [1.82, 2.24) is 15.0 Å². The lowest BCUT2D eigenvalue weighted by Crippen LogP contribution is -2.15. The highest BCUT2D eigenvalue weighted by Crippen LogP contribution is 2.27. The molecule has 0 spiro atoms. The van der Waals surface area contributed by atoms with Crippen LogP contribution in [-0.4, -0.2) is 29.0 Å². The fourth-order valence-corrected chi connectivity index (χ4v) is 1.73. The summed E-state index contributed by atoms with van der Waals surface area (Å²) in [5, 5.41) is 0. The van der Waals surface area contributed by atoms with Gasteiger partial charge < -0.3 is 15.4 Å². The van der Waals surface area contributed by atoms with Crippen LogP contribution in [0.2, 0.25) is 0 Å². The molecular weight excluding hydrogens is 310 g/mol. The molecule has 19 heavy (non-hydrogen) atoms. The van der Waals surface area contributed by atoms with E-state index in [1.54, 1.807) is 4.90 Å². The van der Waals surface area contributed by atoms with Gasteiger partial charge in [0.2, 0.25) is 11.9 Å². The Bertz CT molecular complexity index is 603. The minimum atomic E-state index is 0.126. The quantitative estimate of drug-likeness (QED) is 0.934. The Balaban J connectivity index is 2.35. The zero-order valence-electron chi connectivity index (χ0n) is 10.9. The molecule has 0 unspecified atom stereocenters. The highest BCUT2D eigenvalue weighted by Gasteiger charge is 2.09. The van der Waals surface area contributed by atoms with Crippen LogP contribution in [0.3, 0.4) is 0 Å². The summed E-state index contributed by atoms with van der Waals surface area (Å²) in [4.78, 5) is 13.9. The smallest absolute Gasteiger partial charge is 0.328 e. The molecule has 0 aliphatic heterocycles. The Morgan fingerprint density at radius 1 is 1.21 bits per heavy atom. The van der Waals surface area contributed by atoms with Crippen LogP contribution < -0.4 is 15.4 Å². The second-order valence-corrected chi connectivity index (χ2v) is 5.10. The van der Waals surface area contributed by atoms with Crippen molar-refractivity contribution in [3.8, 4) is 11.8 Å². The normalized spacial score (nSPS) is 10.3. The Labute approximate surface area is 119 Å². The van der Waals surface area contributed by atoms with Gasteiger partial charge in [-0.1, -0.05) is 22.0 Å². The maximum Gasteiger partial charge on any atom is 0.328 e. The summed E-state index contributed by atoms with van der Waals surface area (Å²) in [6.07, 6.45) is 0. The van der Waals surface area contributed by atoms with Gasteiger partial charge in [0.25, 0.3) is 0 Å². The number of nitrogens with zero attached hydrogens (tertiary/aromatic N) is 4. The maximum absolute atomic E-state index is 5.66. The Hall–Kier alpha value is -1.89. The number of halogens is 1. The standard InChI is InChI=1S/C12H14BrN5O/c1-7-4-5-8(13)6-9(7)19-12-16-10(14)15-11(17-12)18(2)3/h4-6H,1-3H3,(H2,14,15,16,17). The van der Waals surface area contributed by atoms with Gasteiger partial charge >= 0.3 is 6.01 Å². The summed E-state index contributed by atoms with van der Waals surface area (Å²) < 4.78 is 6.58. The first-order valence-corrected chi connectivity index (χ1v) is 6.38. The van der Waals surface area contributed by atoms with Crippen molar-refractivity contribution in [2.24, 2.45) is 0 Å². The molecule has 0 saturated carbocycles. The summed E-state index contributed by atoms with van der Waals surface area (Å²) in [5.74, 6) is 1.25. The summed E-state index contributed by atoms with van der Waals surface area (Å²) >= 11 is 3.40. The third-order valence-corrected chi connectivity index (χ3v) is 2.87. The van der Waals surface area contributed by atoms with Crippen LogP contribution in [0.4, 0.5) is 11.9 Å². The fourth-order valence-electron chi connectivity index (χ4n) is 1.39. The molecule has 1 aromatic heterocycles. The van der Waals surface area contributed by atoms with Crippen molar-refractivity contribution in [2.75, 3.05) is 24.7 Å². The van der Waals surface area contributed by atoms with Gasteiger partial charge in [-0.3, -0.25) is 0 Å². The molecule has 1 heterocycles. The van der Waals surface area contributed by atoms with Gasteiger partial charge in [-0.05, 0) is 24.6 Å².